The molecule has 1 saturated heterocycles. The van der Waals surface area contributed by atoms with Crippen molar-refractivity contribution in [2.75, 3.05) is 26.3 Å². The SMILES string of the molecule is CCN(CC(N)=S)C(=O)C1CCOC1. The van der Waals surface area contributed by atoms with Crippen molar-refractivity contribution in [1.82, 2.24) is 4.90 Å². The van der Waals surface area contributed by atoms with Gasteiger partial charge in [0, 0.05) is 13.2 Å². The van der Waals surface area contributed by atoms with Crippen LogP contribution in [0.2, 0.25) is 0 Å². The zero-order chi connectivity index (χ0) is 10.6. The van der Waals surface area contributed by atoms with E-state index in [9.17, 15) is 4.79 Å². The van der Waals surface area contributed by atoms with Crippen LogP contribution in [-0.4, -0.2) is 42.1 Å². The molecular formula is C9H16N2O2S. The number of thiocarbonyl (C=S) groups is 1. The third kappa shape index (κ3) is 2.92. The lowest BCUT2D eigenvalue weighted by Crippen LogP contribution is -2.41. The van der Waals surface area contributed by atoms with Gasteiger partial charge in [-0.3, -0.25) is 4.79 Å². The molecular weight excluding hydrogens is 200 g/mol. The van der Waals surface area contributed by atoms with E-state index in [0.717, 1.165) is 6.42 Å². The maximum atomic E-state index is 11.8. The van der Waals surface area contributed by atoms with Gasteiger partial charge in [-0.2, -0.15) is 0 Å². The molecule has 1 rings (SSSR count). The highest BCUT2D eigenvalue weighted by molar-refractivity contribution is 7.80. The summed E-state index contributed by atoms with van der Waals surface area (Å²) in [5.74, 6) is 0.113. The molecule has 1 aliphatic rings. The van der Waals surface area contributed by atoms with E-state index in [4.69, 9.17) is 22.7 Å². The molecule has 0 saturated carbocycles. The van der Waals surface area contributed by atoms with E-state index < -0.39 is 0 Å². The average molecular weight is 216 g/mol. The topological polar surface area (TPSA) is 55.6 Å². The van der Waals surface area contributed by atoms with Crippen LogP contribution in [0.5, 0.6) is 0 Å². The Labute approximate surface area is 89.4 Å². The highest BCUT2D eigenvalue weighted by atomic mass is 32.1. The summed E-state index contributed by atoms with van der Waals surface area (Å²) in [7, 11) is 0. The Morgan fingerprint density at radius 2 is 2.43 bits per heavy atom. The van der Waals surface area contributed by atoms with E-state index >= 15 is 0 Å². The van der Waals surface area contributed by atoms with Gasteiger partial charge in [0.05, 0.1) is 24.1 Å². The van der Waals surface area contributed by atoms with Gasteiger partial charge in [-0.05, 0) is 13.3 Å². The van der Waals surface area contributed by atoms with Crippen LogP contribution in [0.25, 0.3) is 0 Å². The van der Waals surface area contributed by atoms with Crippen molar-refractivity contribution in [3.8, 4) is 0 Å². The molecule has 0 aromatic heterocycles. The van der Waals surface area contributed by atoms with Crippen LogP contribution < -0.4 is 5.73 Å². The highest BCUT2D eigenvalue weighted by Crippen LogP contribution is 2.15. The lowest BCUT2D eigenvalue weighted by Gasteiger charge is -2.22. The lowest BCUT2D eigenvalue weighted by atomic mass is 10.1. The molecule has 0 bridgehead atoms. The third-order valence-corrected chi connectivity index (χ3v) is 2.45. The number of nitrogens with two attached hydrogens (primary N) is 1. The van der Waals surface area contributed by atoms with Gasteiger partial charge >= 0.3 is 0 Å². The van der Waals surface area contributed by atoms with Crippen molar-refractivity contribution in [1.29, 1.82) is 0 Å². The number of nitrogens with zero attached hydrogens (tertiary/aromatic N) is 1. The Balaban J connectivity index is 2.50. The monoisotopic (exact) mass is 216 g/mol. The molecule has 0 aliphatic carbocycles. The summed E-state index contributed by atoms with van der Waals surface area (Å²) < 4.78 is 5.17. The molecule has 1 unspecified atom stereocenters. The first-order valence-electron chi connectivity index (χ1n) is 4.80. The number of ether oxygens (including phenoxy) is 1. The number of likely N-dealkylation sites (N-methyl/N-ethyl adjacent to an activating group) is 1. The van der Waals surface area contributed by atoms with Crippen LogP contribution in [0.4, 0.5) is 0 Å². The summed E-state index contributed by atoms with van der Waals surface area (Å²) in [5, 5.41) is 0. The molecule has 0 spiro atoms. The molecule has 5 heteroatoms. The molecule has 4 nitrogen and oxygen atoms in total. The minimum absolute atomic E-state index is 0.00398. The molecule has 80 valence electrons. The molecule has 1 atom stereocenters. The molecule has 1 fully saturated rings. The molecule has 0 radical (unpaired) electrons. The van der Waals surface area contributed by atoms with Gasteiger partial charge in [0.25, 0.3) is 0 Å². The average Bonchev–Trinajstić information content (AvgIpc) is 2.65. The molecule has 14 heavy (non-hydrogen) atoms. The minimum atomic E-state index is 0.00398. The standard InChI is InChI=1S/C9H16N2O2S/c1-2-11(5-8(10)14)9(12)7-3-4-13-6-7/h7H,2-6H2,1H3,(H2,10,14). The normalized spacial score (nSPS) is 20.8. The van der Waals surface area contributed by atoms with Crippen molar-refractivity contribution in [3.63, 3.8) is 0 Å². The number of rotatable bonds is 4. The van der Waals surface area contributed by atoms with Crippen LogP contribution in [0, 0.1) is 5.92 Å². The fourth-order valence-electron chi connectivity index (χ4n) is 1.52. The summed E-state index contributed by atoms with van der Waals surface area (Å²) in [4.78, 5) is 13.9. The van der Waals surface area contributed by atoms with Crippen LogP contribution in [-0.2, 0) is 9.53 Å². The van der Waals surface area contributed by atoms with Gasteiger partial charge in [-0.1, -0.05) is 12.2 Å². The molecule has 0 aromatic carbocycles. The number of hydrogen-bond acceptors (Lipinski definition) is 3. The lowest BCUT2D eigenvalue weighted by molar-refractivity contribution is -0.134. The van der Waals surface area contributed by atoms with Crippen LogP contribution >= 0.6 is 12.2 Å². The second-order valence-electron chi connectivity index (χ2n) is 3.38. The molecule has 1 aliphatic heterocycles. The maximum Gasteiger partial charge on any atom is 0.228 e. The Bertz CT molecular complexity index is 227. The summed E-state index contributed by atoms with van der Waals surface area (Å²) in [6.07, 6.45) is 0.812. The Hall–Kier alpha value is -0.680. The number of carbonyl (C=O) groups excluding carboxylic acids is 1. The Morgan fingerprint density at radius 1 is 1.71 bits per heavy atom. The fraction of sp³-hybridized carbons (Fsp3) is 0.778. The summed E-state index contributed by atoms with van der Waals surface area (Å²) in [6.45, 7) is 4.16. The van der Waals surface area contributed by atoms with Gasteiger partial charge in [-0.15, -0.1) is 0 Å². The van der Waals surface area contributed by atoms with Gasteiger partial charge in [0.15, 0.2) is 0 Å². The number of carbonyl (C=O) groups is 1. The van der Waals surface area contributed by atoms with Crippen molar-refractivity contribution in [3.05, 3.63) is 0 Å². The van der Waals surface area contributed by atoms with E-state index in [1.165, 1.54) is 0 Å². The predicted octanol–water partition coefficient (Wildman–Crippen LogP) is 0.158. The zero-order valence-electron chi connectivity index (χ0n) is 8.36. The summed E-state index contributed by atoms with van der Waals surface area (Å²) in [6, 6.07) is 0. The van der Waals surface area contributed by atoms with Gasteiger partial charge < -0.3 is 15.4 Å². The molecule has 1 amide bonds. The molecule has 2 N–H and O–H groups in total. The van der Waals surface area contributed by atoms with Crippen molar-refractivity contribution >= 4 is 23.1 Å². The van der Waals surface area contributed by atoms with Gasteiger partial charge in [-0.25, -0.2) is 0 Å². The third-order valence-electron chi connectivity index (χ3n) is 2.32. The Morgan fingerprint density at radius 3 is 2.86 bits per heavy atom. The number of amides is 1. The van der Waals surface area contributed by atoms with Crippen LogP contribution in [0.15, 0.2) is 0 Å². The second-order valence-corrected chi connectivity index (χ2v) is 3.90. The van der Waals surface area contributed by atoms with E-state index in [1.807, 2.05) is 6.92 Å². The first-order chi connectivity index (χ1) is 6.65. The number of hydrogen-bond donors (Lipinski definition) is 1. The summed E-state index contributed by atoms with van der Waals surface area (Å²) >= 11 is 4.78. The highest BCUT2D eigenvalue weighted by Gasteiger charge is 2.27. The quantitative estimate of drug-likeness (QED) is 0.680. The first-order valence-corrected chi connectivity index (χ1v) is 5.20. The minimum Gasteiger partial charge on any atom is -0.392 e. The van der Waals surface area contributed by atoms with Gasteiger partial charge in [0.1, 0.15) is 0 Å². The van der Waals surface area contributed by atoms with Crippen LogP contribution in [0.3, 0.4) is 0 Å². The Kier molecular flexibility index (Phi) is 4.28. The van der Waals surface area contributed by atoms with E-state index in [2.05, 4.69) is 0 Å². The van der Waals surface area contributed by atoms with E-state index in [0.29, 0.717) is 31.3 Å². The zero-order valence-corrected chi connectivity index (χ0v) is 9.18. The van der Waals surface area contributed by atoms with E-state index in [1.54, 1.807) is 4.90 Å². The predicted molar refractivity (Wildman–Crippen MR) is 58.0 cm³/mol. The summed E-state index contributed by atoms with van der Waals surface area (Å²) in [5.41, 5.74) is 5.41. The van der Waals surface area contributed by atoms with Crippen molar-refractivity contribution in [2.45, 2.75) is 13.3 Å². The largest absolute Gasteiger partial charge is 0.392 e. The fourth-order valence-corrected chi connectivity index (χ4v) is 1.68. The maximum absolute atomic E-state index is 11.8. The molecule has 0 aromatic rings. The van der Waals surface area contributed by atoms with Crippen molar-refractivity contribution < 1.29 is 9.53 Å². The smallest absolute Gasteiger partial charge is 0.228 e. The van der Waals surface area contributed by atoms with E-state index in [-0.39, 0.29) is 11.8 Å². The second kappa shape index (κ2) is 5.26. The first kappa shape index (κ1) is 11.4. The van der Waals surface area contributed by atoms with Crippen molar-refractivity contribution in [2.24, 2.45) is 11.7 Å². The van der Waals surface area contributed by atoms with Gasteiger partial charge in [0.2, 0.25) is 5.91 Å². The van der Waals surface area contributed by atoms with Crippen LogP contribution in [0.1, 0.15) is 13.3 Å². The molecule has 1 heterocycles.